The summed E-state index contributed by atoms with van der Waals surface area (Å²) in [7, 11) is 0. The summed E-state index contributed by atoms with van der Waals surface area (Å²) in [5.74, 6) is 1.73. The first-order valence-electron chi connectivity index (χ1n) is 8.00. The van der Waals surface area contributed by atoms with E-state index in [9.17, 15) is 18.3 Å². The minimum absolute atomic E-state index is 0.287. The van der Waals surface area contributed by atoms with Crippen LogP contribution < -0.4 is 0 Å². The van der Waals surface area contributed by atoms with Gasteiger partial charge in [-0.3, -0.25) is 4.90 Å². The summed E-state index contributed by atoms with van der Waals surface area (Å²) < 4.78 is 39.4. The van der Waals surface area contributed by atoms with Crippen LogP contribution in [0.4, 0.5) is 13.2 Å². The lowest BCUT2D eigenvalue weighted by Gasteiger charge is -2.17. The molecule has 7 heteroatoms. The number of alkyl halides is 3. The lowest BCUT2D eigenvalue weighted by Crippen LogP contribution is -2.24. The summed E-state index contributed by atoms with van der Waals surface area (Å²) >= 11 is 0. The van der Waals surface area contributed by atoms with E-state index in [1.165, 1.54) is 12.1 Å². The molecule has 1 saturated heterocycles. The number of aromatic nitrogens is 2. The Balaban J connectivity index is 1.40. The molecule has 2 fully saturated rings. The second-order valence-corrected chi connectivity index (χ2v) is 6.71. The first kappa shape index (κ1) is 15.7. The van der Waals surface area contributed by atoms with Gasteiger partial charge in [0, 0.05) is 38.0 Å². The molecular formula is C17H18F3N3O. The largest absolute Gasteiger partial charge is 0.416 e. The van der Waals surface area contributed by atoms with Gasteiger partial charge < -0.3 is 5.11 Å². The summed E-state index contributed by atoms with van der Waals surface area (Å²) in [4.78, 5) is 2.34. The molecule has 4 rings (SSSR count). The normalized spacial score (nSPS) is 26.6. The van der Waals surface area contributed by atoms with Crippen LogP contribution in [0.3, 0.4) is 0 Å². The van der Waals surface area contributed by atoms with Crippen molar-refractivity contribution in [1.29, 1.82) is 0 Å². The third-order valence-corrected chi connectivity index (χ3v) is 5.16. The molecule has 0 bridgehead atoms. The predicted octanol–water partition coefficient (Wildman–Crippen LogP) is 2.56. The molecule has 4 nitrogen and oxygen atoms in total. The van der Waals surface area contributed by atoms with E-state index in [4.69, 9.17) is 0 Å². The number of piperidine rings is 1. The molecule has 0 spiro atoms. The number of halogens is 3. The molecular weight excluding hydrogens is 319 g/mol. The van der Waals surface area contributed by atoms with Crippen LogP contribution in [-0.2, 0) is 12.7 Å². The molecule has 1 unspecified atom stereocenters. The fourth-order valence-electron chi connectivity index (χ4n) is 3.78. The van der Waals surface area contributed by atoms with Gasteiger partial charge in [0.2, 0.25) is 0 Å². The molecule has 24 heavy (non-hydrogen) atoms. The summed E-state index contributed by atoms with van der Waals surface area (Å²) in [6.07, 6.45) is -0.710. The molecule has 128 valence electrons. The van der Waals surface area contributed by atoms with Crippen molar-refractivity contribution in [3.63, 3.8) is 0 Å². The standard InChI is InChI=1S/C17H18F3N3O/c18-17(19,20)12-1-3-13(4-2-12)23-7-11(5-21-23)6-22-8-14-15(9-22)16(14)10-24/h1-5,7,14-16,24H,6,8-10H2/t14-,15+,16?. The number of nitrogens with zero attached hydrogens (tertiary/aromatic N) is 3. The quantitative estimate of drug-likeness (QED) is 0.932. The minimum Gasteiger partial charge on any atom is -0.396 e. The Hall–Kier alpha value is -1.86. The molecule has 0 amide bonds. The SMILES string of the molecule is OCC1[C@H]2CN(Cc3cnn(-c4ccc(C(F)(F)F)cc4)c3)C[C@@H]12. The molecule has 2 aliphatic rings. The van der Waals surface area contributed by atoms with Gasteiger partial charge in [-0.25, -0.2) is 4.68 Å². The Bertz CT molecular complexity index is 713. The molecule has 3 atom stereocenters. The van der Waals surface area contributed by atoms with Crippen LogP contribution in [0.1, 0.15) is 11.1 Å². The highest BCUT2D eigenvalue weighted by molar-refractivity contribution is 5.35. The number of aliphatic hydroxyl groups excluding tert-OH is 1. The van der Waals surface area contributed by atoms with Gasteiger partial charge in [-0.05, 0) is 42.0 Å². The van der Waals surface area contributed by atoms with E-state index >= 15 is 0 Å². The van der Waals surface area contributed by atoms with E-state index in [0.29, 0.717) is 23.4 Å². The maximum absolute atomic E-state index is 12.6. The first-order chi connectivity index (χ1) is 11.5. The van der Waals surface area contributed by atoms with Crippen molar-refractivity contribution in [2.75, 3.05) is 19.7 Å². The lowest BCUT2D eigenvalue weighted by molar-refractivity contribution is -0.137. The van der Waals surface area contributed by atoms with Gasteiger partial charge >= 0.3 is 6.18 Å². The Morgan fingerprint density at radius 3 is 2.38 bits per heavy atom. The van der Waals surface area contributed by atoms with Crippen molar-refractivity contribution in [2.45, 2.75) is 12.7 Å². The average molecular weight is 337 g/mol. The summed E-state index contributed by atoms with van der Waals surface area (Å²) in [6.45, 7) is 3.07. The Morgan fingerprint density at radius 2 is 1.79 bits per heavy atom. The first-order valence-corrected chi connectivity index (χ1v) is 8.00. The minimum atomic E-state index is -4.32. The highest BCUT2D eigenvalue weighted by atomic mass is 19.4. The maximum Gasteiger partial charge on any atom is 0.416 e. The molecule has 0 radical (unpaired) electrons. The number of hydrogen-bond donors (Lipinski definition) is 1. The zero-order chi connectivity index (χ0) is 16.9. The molecule has 1 saturated carbocycles. The molecule has 1 N–H and O–H groups in total. The van der Waals surface area contributed by atoms with Crippen molar-refractivity contribution in [1.82, 2.24) is 14.7 Å². The number of rotatable bonds is 4. The van der Waals surface area contributed by atoms with E-state index in [1.54, 1.807) is 10.9 Å². The van der Waals surface area contributed by atoms with Gasteiger partial charge in [-0.1, -0.05) is 0 Å². The third-order valence-electron chi connectivity index (χ3n) is 5.16. The van der Waals surface area contributed by atoms with Gasteiger partial charge in [0.25, 0.3) is 0 Å². The lowest BCUT2D eigenvalue weighted by atomic mass is 10.2. The van der Waals surface area contributed by atoms with Gasteiger partial charge in [-0.2, -0.15) is 18.3 Å². The number of aliphatic hydroxyl groups is 1. The molecule has 1 aromatic carbocycles. The van der Waals surface area contributed by atoms with E-state index < -0.39 is 11.7 Å². The van der Waals surface area contributed by atoms with E-state index in [1.807, 2.05) is 6.20 Å². The zero-order valence-electron chi connectivity index (χ0n) is 12.9. The van der Waals surface area contributed by atoms with Crippen molar-refractivity contribution in [2.24, 2.45) is 17.8 Å². The van der Waals surface area contributed by atoms with Crippen LogP contribution in [0.25, 0.3) is 5.69 Å². The third kappa shape index (κ3) is 2.82. The van der Waals surface area contributed by atoms with Gasteiger partial charge in [0.05, 0.1) is 17.4 Å². The molecule has 2 heterocycles. The van der Waals surface area contributed by atoms with Gasteiger partial charge in [-0.15, -0.1) is 0 Å². The van der Waals surface area contributed by atoms with Crippen molar-refractivity contribution >= 4 is 0 Å². The average Bonchev–Trinajstić information content (AvgIpc) is 2.92. The maximum atomic E-state index is 12.6. The van der Waals surface area contributed by atoms with Crippen molar-refractivity contribution in [3.05, 3.63) is 47.8 Å². The van der Waals surface area contributed by atoms with Crippen molar-refractivity contribution in [3.8, 4) is 5.69 Å². The predicted molar refractivity (Wildman–Crippen MR) is 81.4 cm³/mol. The second kappa shape index (κ2) is 5.60. The zero-order valence-corrected chi connectivity index (χ0v) is 12.9. The van der Waals surface area contributed by atoms with Gasteiger partial charge in [0.15, 0.2) is 0 Å². The second-order valence-electron chi connectivity index (χ2n) is 6.71. The Kier molecular flexibility index (Phi) is 3.65. The van der Waals surface area contributed by atoms with Crippen LogP contribution in [0.5, 0.6) is 0 Å². The summed E-state index contributed by atoms with van der Waals surface area (Å²) in [6, 6.07) is 4.99. The van der Waals surface area contributed by atoms with Crippen LogP contribution >= 0.6 is 0 Å². The number of likely N-dealkylation sites (tertiary alicyclic amines) is 1. The molecule has 1 aliphatic heterocycles. The van der Waals surface area contributed by atoms with E-state index in [0.717, 1.165) is 37.3 Å². The number of fused-ring (bicyclic) bond motifs is 1. The molecule has 2 aromatic rings. The van der Waals surface area contributed by atoms with Crippen LogP contribution in [0.2, 0.25) is 0 Å². The van der Waals surface area contributed by atoms with E-state index in [-0.39, 0.29) is 6.61 Å². The van der Waals surface area contributed by atoms with Crippen LogP contribution in [0.15, 0.2) is 36.7 Å². The van der Waals surface area contributed by atoms with Gasteiger partial charge in [0.1, 0.15) is 0 Å². The Morgan fingerprint density at radius 1 is 1.12 bits per heavy atom. The molecule has 1 aromatic heterocycles. The van der Waals surface area contributed by atoms with Crippen LogP contribution in [0, 0.1) is 17.8 Å². The summed E-state index contributed by atoms with van der Waals surface area (Å²) in [5.41, 5.74) is 0.990. The highest BCUT2D eigenvalue weighted by Crippen LogP contribution is 2.51. The number of benzene rings is 1. The smallest absolute Gasteiger partial charge is 0.396 e. The van der Waals surface area contributed by atoms with E-state index in [2.05, 4.69) is 10.00 Å². The monoisotopic (exact) mass is 337 g/mol. The number of hydrogen-bond acceptors (Lipinski definition) is 3. The molecule has 1 aliphatic carbocycles. The Labute approximate surface area is 137 Å². The van der Waals surface area contributed by atoms with Crippen molar-refractivity contribution < 1.29 is 18.3 Å². The summed E-state index contributed by atoms with van der Waals surface area (Å²) in [5, 5.41) is 13.4. The topological polar surface area (TPSA) is 41.3 Å². The fraction of sp³-hybridized carbons (Fsp3) is 0.471. The van der Waals surface area contributed by atoms with Crippen LogP contribution in [-0.4, -0.2) is 39.5 Å². The highest BCUT2D eigenvalue weighted by Gasteiger charge is 2.54. The fourth-order valence-corrected chi connectivity index (χ4v) is 3.78.